The van der Waals surface area contributed by atoms with Gasteiger partial charge < -0.3 is 10.4 Å². The molecule has 0 unspecified atom stereocenters. The summed E-state index contributed by atoms with van der Waals surface area (Å²) < 4.78 is 1.79. The Kier molecular flexibility index (Phi) is 3.34. The molecule has 2 rings (SSSR count). The number of amides is 1. The first kappa shape index (κ1) is 13.6. The van der Waals surface area contributed by atoms with E-state index in [1.165, 1.54) is 0 Å². The lowest BCUT2D eigenvalue weighted by Crippen LogP contribution is -2.43. The van der Waals surface area contributed by atoms with Crippen molar-refractivity contribution >= 4 is 11.9 Å². The highest BCUT2D eigenvalue weighted by Crippen LogP contribution is 2.35. The third-order valence-corrected chi connectivity index (χ3v) is 3.80. The number of carboxylic acids is 1. The summed E-state index contributed by atoms with van der Waals surface area (Å²) in [6.07, 6.45) is 1.94. The summed E-state index contributed by atoms with van der Waals surface area (Å²) in [6, 6.07) is 0. The fraction of sp³-hybridized carbons (Fsp3) is 0.615. The maximum Gasteiger partial charge on any atom is 0.329 e. The third kappa shape index (κ3) is 2.62. The van der Waals surface area contributed by atoms with Gasteiger partial charge in [-0.25, -0.2) is 4.79 Å². The smallest absolute Gasteiger partial charge is 0.329 e. The first-order valence-corrected chi connectivity index (χ1v) is 6.39. The van der Waals surface area contributed by atoms with Crippen molar-refractivity contribution in [3.63, 3.8) is 0 Å². The average molecular weight is 265 g/mol. The van der Waals surface area contributed by atoms with E-state index in [0.29, 0.717) is 25.7 Å². The van der Waals surface area contributed by atoms with Gasteiger partial charge in [-0.05, 0) is 38.7 Å². The average Bonchev–Trinajstić information content (AvgIpc) is 3.04. The van der Waals surface area contributed by atoms with Crippen LogP contribution in [0.5, 0.6) is 0 Å². The summed E-state index contributed by atoms with van der Waals surface area (Å²) in [4.78, 5) is 22.8. The molecule has 0 spiro atoms. The minimum Gasteiger partial charge on any atom is -0.480 e. The van der Waals surface area contributed by atoms with E-state index in [1.54, 1.807) is 4.68 Å². The van der Waals surface area contributed by atoms with E-state index in [1.807, 2.05) is 20.9 Å². The van der Waals surface area contributed by atoms with E-state index in [0.717, 1.165) is 17.0 Å². The van der Waals surface area contributed by atoms with Crippen molar-refractivity contribution in [3.05, 3.63) is 17.0 Å². The van der Waals surface area contributed by atoms with Gasteiger partial charge in [0.05, 0.1) is 5.69 Å². The Morgan fingerprint density at radius 1 is 1.42 bits per heavy atom. The zero-order chi connectivity index (χ0) is 14.2. The van der Waals surface area contributed by atoms with Crippen LogP contribution in [0, 0.1) is 13.8 Å². The molecule has 1 aromatic heterocycles. The van der Waals surface area contributed by atoms with Crippen molar-refractivity contribution in [2.45, 2.75) is 45.1 Å². The summed E-state index contributed by atoms with van der Waals surface area (Å²) in [5.74, 6) is -1.14. The number of carboxylic acid groups (broad SMARTS) is 1. The third-order valence-electron chi connectivity index (χ3n) is 3.80. The van der Waals surface area contributed by atoms with Crippen molar-refractivity contribution in [2.24, 2.45) is 7.05 Å². The number of hydrogen-bond acceptors (Lipinski definition) is 3. The van der Waals surface area contributed by atoms with E-state index >= 15 is 0 Å². The molecular formula is C13H19N3O3. The Labute approximate surface area is 111 Å². The summed E-state index contributed by atoms with van der Waals surface area (Å²) in [6.45, 7) is 3.88. The molecule has 1 heterocycles. The Morgan fingerprint density at radius 2 is 2.05 bits per heavy atom. The molecule has 1 aromatic rings. The van der Waals surface area contributed by atoms with Crippen molar-refractivity contribution in [1.82, 2.24) is 15.1 Å². The molecule has 0 atom stereocenters. The number of nitrogens with one attached hydrogen (secondary N) is 1. The van der Waals surface area contributed by atoms with E-state index in [2.05, 4.69) is 10.4 Å². The highest BCUT2D eigenvalue weighted by atomic mass is 16.4. The lowest BCUT2D eigenvalue weighted by atomic mass is 10.1. The van der Waals surface area contributed by atoms with Crippen LogP contribution < -0.4 is 5.32 Å². The molecule has 6 nitrogen and oxygen atoms in total. The number of aliphatic carboxylic acids is 1. The van der Waals surface area contributed by atoms with Gasteiger partial charge in [0, 0.05) is 19.2 Å². The molecule has 0 aliphatic heterocycles. The van der Waals surface area contributed by atoms with Crippen molar-refractivity contribution in [2.75, 3.05) is 0 Å². The summed E-state index contributed by atoms with van der Waals surface area (Å²) in [5.41, 5.74) is 2.05. The molecule has 19 heavy (non-hydrogen) atoms. The number of carbonyl (C=O) groups excluding carboxylic acids is 1. The van der Waals surface area contributed by atoms with Crippen LogP contribution in [0.15, 0.2) is 0 Å². The highest BCUT2D eigenvalue weighted by Gasteiger charge is 2.51. The lowest BCUT2D eigenvalue weighted by molar-refractivity contribution is -0.143. The Hall–Kier alpha value is -1.85. The standard InChI is InChI=1S/C13H19N3O3/c1-8-10(9(2)16(3)15-8)4-5-11(17)14-13(6-7-13)12(18)19/h4-7H2,1-3H3,(H,14,17)(H,18,19). The fourth-order valence-corrected chi connectivity index (χ4v) is 2.26. The largest absolute Gasteiger partial charge is 0.480 e. The van der Waals surface area contributed by atoms with Gasteiger partial charge in [-0.15, -0.1) is 0 Å². The van der Waals surface area contributed by atoms with Gasteiger partial charge in [0.15, 0.2) is 0 Å². The van der Waals surface area contributed by atoms with Crippen LogP contribution in [0.2, 0.25) is 0 Å². The molecule has 1 aliphatic rings. The Bertz CT molecular complexity index is 529. The van der Waals surface area contributed by atoms with Gasteiger partial charge in [0.2, 0.25) is 5.91 Å². The SMILES string of the molecule is Cc1nn(C)c(C)c1CCC(=O)NC1(C(=O)O)CC1. The Morgan fingerprint density at radius 3 is 2.47 bits per heavy atom. The van der Waals surface area contributed by atoms with E-state index in [4.69, 9.17) is 5.11 Å². The second-order valence-corrected chi connectivity index (χ2v) is 5.21. The van der Waals surface area contributed by atoms with Crippen LogP contribution in [-0.4, -0.2) is 32.3 Å². The monoisotopic (exact) mass is 265 g/mol. The summed E-state index contributed by atoms with van der Waals surface area (Å²) in [7, 11) is 1.87. The minimum absolute atomic E-state index is 0.206. The second kappa shape index (κ2) is 4.68. The summed E-state index contributed by atoms with van der Waals surface area (Å²) in [5, 5.41) is 15.9. The molecule has 0 radical (unpaired) electrons. The van der Waals surface area contributed by atoms with Crippen molar-refractivity contribution in [1.29, 1.82) is 0 Å². The molecule has 0 saturated heterocycles. The molecule has 0 aromatic carbocycles. The molecule has 1 amide bonds. The number of aromatic nitrogens is 2. The number of hydrogen-bond donors (Lipinski definition) is 2. The van der Waals surface area contributed by atoms with Crippen LogP contribution in [0.4, 0.5) is 0 Å². The van der Waals surface area contributed by atoms with Crippen molar-refractivity contribution in [3.8, 4) is 0 Å². The van der Waals surface area contributed by atoms with E-state index in [-0.39, 0.29) is 5.91 Å². The highest BCUT2D eigenvalue weighted by molar-refractivity contribution is 5.89. The van der Waals surface area contributed by atoms with Crippen LogP contribution in [0.25, 0.3) is 0 Å². The molecule has 1 saturated carbocycles. The van der Waals surface area contributed by atoms with Crippen molar-refractivity contribution < 1.29 is 14.7 Å². The summed E-state index contributed by atoms with van der Waals surface area (Å²) >= 11 is 0. The number of nitrogens with zero attached hydrogens (tertiary/aromatic N) is 2. The molecule has 1 fully saturated rings. The van der Waals surface area contributed by atoms with Gasteiger partial charge in [-0.3, -0.25) is 9.48 Å². The predicted molar refractivity (Wildman–Crippen MR) is 68.7 cm³/mol. The van der Waals surface area contributed by atoms with Gasteiger partial charge in [-0.1, -0.05) is 0 Å². The first-order valence-electron chi connectivity index (χ1n) is 6.39. The van der Waals surface area contributed by atoms with Gasteiger partial charge >= 0.3 is 5.97 Å². The van der Waals surface area contributed by atoms with Crippen LogP contribution in [-0.2, 0) is 23.1 Å². The topological polar surface area (TPSA) is 84.2 Å². The minimum atomic E-state index is -0.990. The molecule has 1 aliphatic carbocycles. The lowest BCUT2D eigenvalue weighted by Gasteiger charge is -2.12. The number of carbonyl (C=O) groups is 2. The molecule has 6 heteroatoms. The second-order valence-electron chi connectivity index (χ2n) is 5.21. The van der Waals surface area contributed by atoms with Crippen LogP contribution in [0.1, 0.15) is 36.2 Å². The zero-order valence-electron chi connectivity index (χ0n) is 11.5. The quantitative estimate of drug-likeness (QED) is 0.821. The normalized spacial score (nSPS) is 16.2. The van der Waals surface area contributed by atoms with E-state index < -0.39 is 11.5 Å². The first-order chi connectivity index (χ1) is 8.85. The Balaban J connectivity index is 1.92. The molecule has 104 valence electrons. The number of rotatable bonds is 5. The fourth-order valence-electron chi connectivity index (χ4n) is 2.26. The molecular weight excluding hydrogens is 246 g/mol. The van der Waals surface area contributed by atoms with Crippen LogP contribution >= 0.6 is 0 Å². The maximum atomic E-state index is 11.8. The van der Waals surface area contributed by atoms with Crippen LogP contribution in [0.3, 0.4) is 0 Å². The predicted octanol–water partition coefficient (Wildman–Crippen LogP) is 0.703. The van der Waals surface area contributed by atoms with Gasteiger partial charge in [0.25, 0.3) is 0 Å². The maximum absolute atomic E-state index is 11.8. The molecule has 0 bridgehead atoms. The molecule has 2 N–H and O–H groups in total. The number of aryl methyl sites for hydroxylation is 2. The van der Waals surface area contributed by atoms with E-state index in [9.17, 15) is 9.59 Å². The zero-order valence-corrected chi connectivity index (χ0v) is 11.5. The van der Waals surface area contributed by atoms with Gasteiger partial charge in [-0.2, -0.15) is 5.10 Å². The van der Waals surface area contributed by atoms with Gasteiger partial charge in [0.1, 0.15) is 5.54 Å².